The second-order valence-corrected chi connectivity index (χ2v) is 6.18. The Bertz CT molecular complexity index is 1050. The summed E-state index contributed by atoms with van der Waals surface area (Å²) in [7, 11) is 0. The lowest BCUT2D eigenvalue weighted by Crippen LogP contribution is -2.14. The van der Waals surface area contributed by atoms with Crippen molar-refractivity contribution < 1.29 is 14.3 Å². The number of benzene rings is 2. The average Bonchev–Trinajstić information content (AvgIpc) is 3.22. The van der Waals surface area contributed by atoms with Gasteiger partial charge in [0.2, 0.25) is 0 Å². The first-order valence-electron chi connectivity index (χ1n) is 8.14. The predicted molar refractivity (Wildman–Crippen MR) is 92.0 cm³/mol. The van der Waals surface area contributed by atoms with E-state index in [-0.39, 0.29) is 18.1 Å². The Morgan fingerprint density at radius 2 is 1.68 bits per heavy atom. The molecule has 1 heterocycles. The standard InChI is InChI=1S/C19H16N2O4/c22-17(13-6-7-15-16(9-13)21-19(24)20-15)10-25-18(23)14-5-4-11-2-1-3-12(11)8-14/h4-9H,1-3,10H2,(H2,20,21,24). The zero-order chi connectivity index (χ0) is 17.4. The molecule has 0 radical (unpaired) electrons. The van der Waals surface area contributed by atoms with Gasteiger partial charge in [-0.05, 0) is 60.7 Å². The van der Waals surface area contributed by atoms with E-state index < -0.39 is 5.97 Å². The van der Waals surface area contributed by atoms with Crippen LogP contribution in [0.1, 0.15) is 38.3 Å². The third-order valence-electron chi connectivity index (χ3n) is 4.51. The van der Waals surface area contributed by atoms with Crippen molar-refractivity contribution in [3.05, 3.63) is 69.1 Å². The van der Waals surface area contributed by atoms with Crippen LogP contribution in [0.4, 0.5) is 0 Å². The summed E-state index contributed by atoms with van der Waals surface area (Å²) < 4.78 is 5.15. The number of aromatic amines is 2. The zero-order valence-corrected chi connectivity index (χ0v) is 13.4. The molecular weight excluding hydrogens is 320 g/mol. The maximum absolute atomic E-state index is 12.2. The molecule has 6 nitrogen and oxygen atoms in total. The number of ketones is 1. The molecule has 2 aromatic carbocycles. The van der Waals surface area contributed by atoms with Crippen molar-refractivity contribution >= 4 is 22.8 Å². The molecule has 6 heteroatoms. The molecule has 0 bridgehead atoms. The summed E-state index contributed by atoms with van der Waals surface area (Å²) in [6.07, 6.45) is 3.13. The second kappa shape index (κ2) is 6.05. The fraction of sp³-hybridized carbons (Fsp3) is 0.211. The minimum absolute atomic E-state index is 0.321. The van der Waals surface area contributed by atoms with Gasteiger partial charge in [0.25, 0.3) is 0 Å². The SMILES string of the molecule is O=C(COC(=O)c1ccc2c(c1)CCC2)c1ccc2[nH]c(=O)[nH]c2c1. The number of hydrogen-bond acceptors (Lipinski definition) is 4. The van der Waals surface area contributed by atoms with E-state index in [2.05, 4.69) is 9.97 Å². The van der Waals surface area contributed by atoms with Gasteiger partial charge in [-0.15, -0.1) is 0 Å². The van der Waals surface area contributed by atoms with Crippen LogP contribution in [0.25, 0.3) is 11.0 Å². The summed E-state index contributed by atoms with van der Waals surface area (Å²) in [5, 5.41) is 0. The second-order valence-electron chi connectivity index (χ2n) is 6.18. The molecule has 4 rings (SSSR count). The summed E-state index contributed by atoms with van der Waals surface area (Å²) in [6.45, 7) is -0.337. The number of fused-ring (bicyclic) bond motifs is 2. The predicted octanol–water partition coefficient (Wildman–Crippen LogP) is 2.38. The fourth-order valence-electron chi connectivity index (χ4n) is 3.20. The van der Waals surface area contributed by atoms with Crippen LogP contribution in [0.2, 0.25) is 0 Å². The lowest BCUT2D eigenvalue weighted by molar-refractivity contribution is 0.0474. The summed E-state index contributed by atoms with van der Waals surface area (Å²) in [5.41, 5.74) is 4.15. The Balaban J connectivity index is 1.45. The van der Waals surface area contributed by atoms with Crippen LogP contribution < -0.4 is 5.69 Å². The van der Waals surface area contributed by atoms with Gasteiger partial charge in [-0.2, -0.15) is 0 Å². The highest BCUT2D eigenvalue weighted by Crippen LogP contribution is 2.23. The van der Waals surface area contributed by atoms with E-state index in [1.54, 1.807) is 24.3 Å². The molecule has 1 aliphatic carbocycles. The summed E-state index contributed by atoms with van der Waals surface area (Å²) >= 11 is 0. The van der Waals surface area contributed by atoms with Gasteiger partial charge in [0.05, 0.1) is 16.6 Å². The van der Waals surface area contributed by atoms with E-state index in [9.17, 15) is 14.4 Å². The van der Waals surface area contributed by atoms with Crippen molar-refractivity contribution in [2.24, 2.45) is 0 Å². The molecule has 3 aromatic rings. The number of aromatic nitrogens is 2. The molecule has 1 aliphatic rings. The van der Waals surface area contributed by atoms with Crippen LogP contribution in [-0.4, -0.2) is 28.3 Å². The number of nitrogens with one attached hydrogen (secondary N) is 2. The number of imidazole rings is 1. The van der Waals surface area contributed by atoms with E-state index in [1.165, 1.54) is 11.1 Å². The number of esters is 1. The Hall–Kier alpha value is -3.15. The van der Waals surface area contributed by atoms with Gasteiger partial charge in [0.1, 0.15) is 0 Å². The first-order valence-corrected chi connectivity index (χ1v) is 8.14. The first kappa shape index (κ1) is 15.4. The van der Waals surface area contributed by atoms with Gasteiger partial charge in [-0.25, -0.2) is 9.59 Å². The quantitative estimate of drug-likeness (QED) is 0.565. The molecule has 126 valence electrons. The van der Waals surface area contributed by atoms with Crippen molar-refractivity contribution in [3.8, 4) is 0 Å². The highest BCUT2D eigenvalue weighted by atomic mass is 16.5. The molecule has 0 unspecified atom stereocenters. The molecular formula is C19H16N2O4. The van der Waals surface area contributed by atoms with E-state index in [4.69, 9.17) is 4.74 Å². The Kier molecular flexibility index (Phi) is 3.72. The molecule has 0 atom stereocenters. The van der Waals surface area contributed by atoms with Crippen molar-refractivity contribution in [2.45, 2.75) is 19.3 Å². The molecule has 1 aromatic heterocycles. The third kappa shape index (κ3) is 2.98. The molecule has 2 N–H and O–H groups in total. The Morgan fingerprint density at radius 3 is 2.56 bits per heavy atom. The van der Waals surface area contributed by atoms with E-state index in [0.717, 1.165) is 19.3 Å². The lowest BCUT2D eigenvalue weighted by Gasteiger charge is -2.06. The van der Waals surface area contributed by atoms with Crippen LogP contribution in [-0.2, 0) is 17.6 Å². The third-order valence-corrected chi connectivity index (χ3v) is 4.51. The van der Waals surface area contributed by atoms with E-state index in [1.807, 2.05) is 12.1 Å². The topological polar surface area (TPSA) is 92.0 Å². The number of carbonyl (C=O) groups excluding carboxylic acids is 2. The van der Waals surface area contributed by atoms with Crippen molar-refractivity contribution in [2.75, 3.05) is 6.61 Å². The van der Waals surface area contributed by atoms with Crippen LogP contribution in [0.3, 0.4) is 0 Å². The Labute approximate surface area is 142 Å². The number of hydrogen-bond donors (Lipinski definition) is 2. The highest BCUT2D eigenvalue weighted by Gasteiger charge is 2.16. The van der Waals surface area contributed by atoms with Crippen LogP contribution in [0.5, 0.6) is 0 Å². The largest absolute Gasteiger partial charge is 0.454 e. The van der Waals surface area contributed by atoms with Gasteiger partial charge in [0, 0.05) is 5.56 Å². The smallest absolute Gasteiger partial charge is 0.338 e. The van der Waals surface area contributed by atoms with E-state index in [0.29, 0.717) is 22.2 Å². The maximum Gasteiger partial charge on any atom is 0.338 e. The zero-order valence-electron chi connectivity index (χ0n) is 13.4. The monoisotopic (exact) mass is 336 g/mol. The van der Waals surface area contributed by atoms with Gasteiger partial charge >= 0.3 is 11.7 Å². The van der Waals surface area contributed by atoms with Crippen LogP contribution in [0.15, 0.2) is 41.2 Å². The van der Waals surface area contributed by atoms with Crippen LogP contribution >= 0.6 is 0 Å². The van der Waals surface area contributed by atoms with Crippen LogP contribution in [0, 0.1) is 0 Å². The highest BCUT2D eigenvalue weighted by molar-refractivity contribution is 6.01. The molecule has 25 heavy (non-hydrogen) atoms. The molecule has 0 saturated heterocycles. The minimum Gasteiger partial charge on any atom is -0.454 e. The van der Waals surface area contributed by atoms with Gasteiger partial charge < -0.3 is 14.7 Å². The molecule has 0 amide bonds. The van der Waals surface area contributed by atoms with Crippen molar-refractivity contribution in [3.63, 3.8) is 0 Å². The summed E-state index contributed by atoms with van der Waals surface area (Å²) in [4.78, 5) is 40.9. The van der Waals surface area contributed by atoms with Gasteiger partial charge in [-0.1, -0.05) is 6.07 Å². The molecule has 0 fully saturated rings. The minimum atomic E-state index is -0.501. The number of Topliss-reactive ketones (excluding diaryl/α,β-unsaturated/α-hetero) is 1. The average molecular weight is 336 g/mol. The normalized spacial score (nSPS) is 13.0. The Morgan fingerprint density at radius 1 is 0.920 bits per heavy atom. The maximum atomic E-state index is 12.2. The fourth-order valence-corrected chi connectivity index (χ4v) is 3.20. The number of aryl methyl sites for hydroxylation is 2. The molecule has 0 spiro atoms. The number of H-pyrrole nitrogens is 2. The van der Waals surface area contributed by atoms with Gasteiger partial charge in [0.15, 0.2) is 12.4 Å². The van der Waals surface area contributed by atoms with E-state index >= 15 is 0 Å². The summed E-state index contributed by atoms with van der Waals surface area (Å²) in [5.74, 6) is -0.822. The van der Waals surface area contributed by atoms with Gasteiger partial charge in [-0.3, -0.25) is 4.79 Å². The number of rotatable bonds is 4. The number of ether oxygens (including phenoxy) is 1. The van der Waals surface area contributed by atoms with Crippen molar-refractivity contribution in [1.29, 1.82) is 0 Å². The van der Waals surface area contributed by atoms with Crippen molar-refractivity contribution in [1.82, 2.24) is 9.97 Å². The summed E-state index contributed by atoms with van der Waals surface area (Å²) in [6, 6.07) is 10.4. The molecule has 0 aliphatic heterocycles. The molecule has 0 saturated carbocycles. The number of carbonyl (C=O) groups is 2. The first-order chi connectivity index (χ1) is 12.1. The lowest BCUT2D eigenvalue weighted by atomic mass is 10.1.